The lowest BCUT2D eigenvalue weighted by atomic mass is 9.96. The summed E-state index contributed by atoms with van der Waals surface area (Å²) >= 11 is 1.37. The zero-order chi connectivity index (χ0) is 17.9. The van der Waals surface area contributed by atoms with Gasteiger partial charge in [0, 0.05) is 10.9 Å². The highest BCUT2D eigenvalue weighted by atomic mass is 32.1. The van der Waals surface area contributed by atoms with Crippen molar-refractivity contribution in [2.75, 3.05) is 0 Å². The summed E-state index contributed by atoms with van der Waals surface area (Å²) in [4.78, 5) is 9.40. The van der Waals surface area contributed by atoms with Crippen LogP contribution < -0.4 is 0 Å². The molecule has 0 aliphatic carbocycles. The molecule has 4 rings (SSSR count). The van der Waals surface area contributed by atoms with Gasteiger partial charge in [-0.05, 0) is 31.5 Å². The third-order valence-corrected chi connectivity index (χ3v) is 4.86. The Kier molecular flexibility index (Phi) is 3.33. The fraction of sp³-hybridized carbons (Fsp3) is 0.188. The maximum Gasteiger partial charge on any atom is 0.421 e. The van der Waals surface area contributed by atoms with Crippen LogP contribution in [0, 0.1) is 19.7 Å². The molecule has 3 heterocycles. The molecule has 128 valence electrons. The van der Waals surface area contributed by atoms with E-state index in [1.54, 1.807) is 12.1 Å². The molecular formula is C16H10F4N4S. The van der Waals surface area contributed by atoms with E-state index in [2.05, 4.69) is 20.2 Å². The summed E-state index contributed by atoms with van der Waals surface area (Å²) in [5.41, 5.74) is -0.465. The number of hydrogen-bond acceptors (Lipinski definition) is 4. The summed E-state index contributed by atoms with van der Waals surface area (Å²) in [6.07, 6.45) is -3.57. The van der Waals surface area contributed by atoms with Crippen LogP contribution in [0.1, 0.15) is 16.1 Å². The molecule has 3 aromatic heterocycles. The van der Waals surface area contributed by atoms with Crippen molar-refractivity contribution in [3.05, 3.63) is 40.3 Å². The minimum Gasteiger partial charge on any atom is -0.277 e. The van der Waals surface area contributed by atoms with Gasteiger partial charge < -0.3 is 0 Å². The number of benzene rings is 1. The second kappa shape index (κ2) is 5.22. The molecule has 4 nitrogen and oxygen atoms in total. The van der Waals surface area contributed by atoms with E-state index in [0.29, 0.717) is 21.6 Å². The quantitative estimate of drug-likeness (QED) is 0.482. The van der Waals surface area contributed by atoms with Crippen molar-refractivity contribution in [1.29, 1.82) is 0 Å². The van der Waals surface area contributed by atoms with Gasteiger partial charge in [-0.3, -0.25) is 5.10 Å². The summed E-state index contributed by atoms with van der Waals surface area (Å²) in [6.45, 7) is 3.15. The molecule has 0 aliphatic heterocycles. The molecule has 0 amide bonds. The molecule has 25 heavy (non-hydrogen) atoms. The van der Waals surface area contributed by atoms with Gasteiger partial charge in [0.15, 0.2) is 0 Å². The van der Waals surface area contributed by atoms with Crippen molar-refractivity contribution in [2.24, 2.45) is 0 Å². The molecule has 0 saturated carbocycles. The van der Waals surface area contributed by atoms with Gasteiger partial charge in [-0.25, -0.2) is 14.4 Å². The van der Waals surface area contributed by atoms with E-state index in [1.807, 2.05) is 6.92 Å². The number of hydrogen-bond donors (Lipinski definition) is 1. The first-order valence-corrected chi connectivity index (χ1v) is 8.06. The molecule has 0 bridgehead atoms. The molecule has 9 heteroatoms. The standard InChI is InChI=1S/C16H10F4N4S/c1-6-11(9-3-4-10-15(23-9)25-7(2)22-10)8-5-21-24-14(8)12(13(6)17)16(18,19)20/h3-5H,1-2H3,(H,21,24). The fourth-order valence-corrected chi connectivity index (χ4v) is 3.72. The van der Waals surface area contributed by atoms with E-state index in [0.717, 1.165) is 5.01 Å². The molecule has 1 N–H and O–H groups in total. The molecule has 0 saturated heterocycles. The summed E-state index contributed by atoms with van der Waals surface area (Å²) in [5.74, 6) is -1.32. The lowest BCUT2D eigenvalue weighted by Crippen LogP contribution is -2.11. The van der Waals surface area contributed by atoms with Crippen molar-refractivity contribution in [3.8, 4) is 11.3 Å². The number of aromatic nitrogens is 4. The number of H-pyrrole nitrogens is 1. The number of aryl methyl sites for hydroxylation is 1. The van der Waals surface area contributed by atoms with Crippen LogP contribution in [0.5, 0.6) is 0 Å². The number of fused-ring (bicyclic) bond motifs is 2. The van der Waals surface area contributed by atoms with Gasteiger partial charge in [-0.2, -0.15) is 18.3 Å². The van der Waals surface area contributed by atoms with Gasteiger partial charge in [-0.1, -0.05) is 11.3 Å². The highest BCUT2D eigenvalue weighted by molar-refractivity contribution is 7.18. The van der Waals surface area contributed by atoms with Crippen LogP contribution in [0.2, 0.25) is 0 Å². The first-order valence-electron chi connectivity index (χ1n) is 7.24. The highest BCUT2D eigenvalue weighted by Crippen LogP contribution is 2.42. The van der Waals surface area contributed by atoms with Crippen LogP contribution >= 0.6 is 11.3 Å². The molecule has 0 spiro atoms. The number of aromatic amines is 1. The maximum absolute atomic E-state index is 14.6. The number of nitrogens with one attached hydrogen (secondary N) is 1. The molecule has 0 fully saturated rings. The number of halogens is 4. The molecule has 1 aromatic carbocycles. The zero-order valence-electron chi connectivity index (χ0n) is 13.0. The second-order valence-corrected chi connectivity index (χ2v) is 6.78. The molecule has 0 unspecified atom stereocenters. The Morgan fingerprint density at radius 3 is 2.60 bits per heavy atom. The highest BCUT2D eigenvalue weighted by Gasteiger charge is 2.39. The molecule has 0 atom stereocenters. The van der Waals surface area contributed by atoms with Gasteiger partial charge in [-0.15, -0.1) is 0 Å². The zero-order valence-corrected chi connectivity index (χ0v) is 13.8. The van der Waals surface area contributed by atoms with Crippen LogP contribution in [0.3, 0.4) is 0 Å². The van der Waals surface area contributed by atoms with Crippen molar-refractivity contribution in [2.45, 2.75) is 20.0 Å². The predicted octanol–water partition coefficient (Wildman–Crippen LogP) is 5.01. The minimum atomic E-state index is -4.83. The molecule has 0 radical (unpaired) electrons. The third-order valence-electron chi connectivity index (χ3n) is 3.98. The maximum atomic E-state index is 14.6. The minimum absolute atomic E-state index is 0.116. The topological polar surface area (TPSA) is 54.5 Å². The summed E-state index contributed by atoms with van der Waals surface area (Å²) in [7, 11) is 0. The summed E-state index contributed by atoms with van der Waals surface area (Å²) < 4.78 is 54.4. The molecule has 4 aromatic rings. The predicted molar refractivity (Wildman–Crippen MR) is 86.9 cm³/mol. The Morgan fingerprint density at radius 1 is 1.12 bits per heavy atom. The summed E-state index contributed by atoms with van der Waals surface area (Å²) in [5, 5.41) is 6.95. The number of alkyl halides is 3. The Hall–Kier alpha value is -2.55. The fourth-order valence-electron chi connectivity index (χ4n) is 2.94. The Balaban J connectivity index is 2.07. The van der Waals surface area contributed by atoms with E-state index < -0.39 is 17.6 Å². The first kappa shape index (κ1) is 15.9. The second-order valence-electron chi connectivity index (χ2n) is 5.60. The monoisotopic (exact) mass is 366 g/mol. The SMILES string of the molecule is Cc1nc2ccc(-c3c(C)c(F)c(C(F)(F)F)c4[nH]ncc34)nc2s1. The summed E-state index contributed by atoms with van der Waals surface area (Å²) in [6, 6.07) is 3.35. The van der Waals surface area contributed by atoms with Crippen LogP contribution in [0.4, 0.5) is 17.6 Å². The number of rotatable bonds is 1. The van der Waals surface area contributed by atoms with Crippen molar-refractivity contribution in [3.63, 3.8) is 0 Å². The van der Waals surface area contributed by atoms with Gasteiger partial charge in [0.25, 0.3) is 0 Å². The number of thiazole rings is 1. The third kappa shape index (κ3) is 2.38. The van der Waals surface area contributed by atoms with Crippen molar-refractivity contribution in [1.82, 2.24) is 20.2 Å². The van der Waals surface area contributed by atoms with E-state index in [-0.39, 0.29) is 16.5 Å². The van der Waals surface area contributed by atoms with Gasteiger partial charge in [0.05, 0.1) is 22.4 Å². The van der Waals surface area contributed by atoms with Crippen molar-refractivity contribution >= 4 is 32.6 Å². The lowest BCUT2D eigenvalue weighted by molar-refractivity contribution is -0.138. The van der Waals surface area contributed by atoms with E-state index in [4.69, 9.17) is 0 Å². The van der Waals surface area contributed by atoms with Crippen molar-refractivity contribution < 1.29 is 17.6 Å². The number of pyridine rings is 1. The Bertz CT molecular complexity index is 1130. The van der Waals surface area contributed by atoms with Gasteiger partial charge >= 0.3 is 6.18 Å². The van der Waals surface area contributed by atoms with Crippen LogP contribution in [0.15, 0.2) is 18.3 Å². The average molecular weight is 366 g/mol. The van der Waals surface area contributed by atoms with Crippen LogP contribution in [-0.2, 0) is 6.18 Å². The van der Waals surface area contributed by atoms with Crippen LogP contribution in [-0.4, -0.2) is 20.2 Å². The Morgan fingerprint density at radius 2 is 1.88 bits per heavy atom. The Labute approximate surface area is 142 Å². The van der Waals surface area contributed by atoms with E-state index in [9.17, 15) is 17.6 Å². The lowest BCUT2D eigenvalue weighted by Gasteiger charge is -2.15. The van der Waals surface area contributed by atoms with Gasteiger partial charge in [0.1, 0.15) is 21.7 Å². The molecular weight excluding hydrogens is 356 g/mol. The van der Waals surface area contributed by atoms with Crippen LogP contribution in [0.25, 0.3) is 32.5 Å². The molecule has 0 aliphatic rings. The van der Waals surface area contributed by atoms with E-state index in [1.165, 1.54) is 24.5 Å². The van der Waals surface area contributed by atoms with Gasteiger partial charge in [0.2, 0.25) is 0 Å². The average Bonchev–Trinajstić information content (AvgIpc) is 3.11. The number of nitrogens with zero attached hydrogens (tertiary/aromatic N) is 3. The van der Waals surface area contributed by atoms with E-state index >= 15 is 0 Å². The largest absolute Gasteiger partial charge is 0.421 e. The smallest absolute Gasteiger partial charge is 0.277 e. The normalized spacial score (nSPS) is 12.4. The first-order chi connectivity index (χ1) is 11.8.